The third-order valence-electron chi connectivity index (χ3n) is 4.51. The summed E-state index contributed by atoms with van der Waals surface area (Å²) in [5, 5.41) is 3.43. The molecule has 1 aliphatic heterocycles. The fourth-order valence-electron chi connectivity index (χ4n) is 2.97. The number of allylic oxidation sites excluding steroid dienone is 4. The minimum absolute atomic E-state index is 0.743. The van der Waals surface area contributed by atoms with Crippen LogP contribution in [0.25, 0.3) is 5.57 Å². The van der Waals surface area contributed by atoms with E-state index in [9.17, 15) is 0 Å². The van der Waals surface area contributed by atoms with Crippen LogP contribution in [0.15, 0.2) is 72.2 Å². The molecule has 0 bridgehead atoms. The Balaban J connectivity index is 2.16. The zero-order valence-corrected chi connectivity index (χ0v) is 16.7. The van der Waals surface area contributed by atoms with Crippen molar-refractivity contribution in [1.82, 2.24) is 10.2 Å². The van der Waals surface area contributed by atoms with Crippen molar-refractivity contribution >= 4 is 11.3 Å². The van der Waals surface area contributed by atoms with Gasteiger partial charge in [-0.05, 0) is 68.6 Å². The molecule has 0 fully saturated rings. The van der Waals surface area contributed by atoms with Gasteiger partial charge in [-0.25, -0.2) is 4.99 Å². The van der Waals surface area contributed by atoms with E-state index in [1.807, 2.05) is 37.2 Å². The first-order valence-corrected chi connectivity index (χ1v) is 9.59. The van der Waals surface area contributed by atoms with Crippen molar-refractivity contribution in [3.05, 3.63) is 78.3 Å². The molecule has 0 amide bonds. The number of hydrogen-bond acceptors (Lipinski definition) is 4. The van der Waals surface area contributed by atoms with Crippen LogP contribution in [0, 0.1) is 0 Å². The summed E-state index contributed by atoms with van der Waals surface area (Å²) in [6.45, 7) is 12.8. The summed E-state index contributed by atoms with van der Waals surface area (Å²) >= 11 is 0. The third kappa shape index (κ3) is 6.05. The number of nitrogens with two attached hydrogens (primary N) is 1. The summed E-state index contributed by atoms with van der Waals surface area (Å²) < 4.78 is 0. The Morgan fingerprint density at radius 1 is 1.30 bits per heavy atom. The lowest BCUT2D eigenvalue weighted by Gasteiger charge is -2.23. The SMILES string of the molecule is C=C/C(=C1/N=C(C(=C)C)C=CN1C)c1cccc(CCCNCCCN)c1. The van der Waals surface area contributed by atoms with Crippen molar-refractivity contribution in [3.63, 3.8) is 0 Å². The Morgan fingerprint density at radius 2 is 2.07 bits per heavy atom. The van der Waals surface area contributed by atoms with Gasteiger partial charge in [0.25, 0.3) is 0 Å². The Kier molecular flexibility index (Phi) is 8.24. The van der Waals surface area contributed by atoms with E-state index in [0.29, 0.717) is 0 Å². The molecule has 0 atom stereocenters. The molecule has 4 heteroatoms. The summed E-state index contributed by atoms with van der Waals surface area (Å²) in [6, 6.07) is 8.65. The highest BCUT2D eigenvalue weighted by Gasteiger charge is 2.14. The highest BCUT2D eigenvalue weighted by atomic mass is 15.2. The molecule has 0 spiro atoms. The molecule has 3 N–H and O–H groups in total. The first-order valence-electron chi connectivity index (χ1n) is 9.59. The zero-order chi connectivity index (χ0) is 19.6. The van der Waals surface area contributed by atoms with E-state index in [4.69, 9.17) is 10.7 Å². The van der Waals surface area contributed by atoms with Crippen LogP contribution in [0.3, 0.4) is 0 Å². The van der Waals surface area contributed by atoms with E-state index >= 15 is 0 Å². The van der Waals surface area contributed by atoms with Crippen LogP contribution < -0.4 is 11.1 Å². The molecule has 0 radical (unpaired) electrons. The first-order chi connectivity index (χ1) is 13.1. The van der Waals surface area contributed by atoms with E-state index in [0.717, 1.165) is 67.1 Å². The molecule has 1 aromatic carbocycles. The maximum absolute atomic E-state index is 5.51. The average molecular weight is 365 g/mol. The van der Waals surface area contributed by atoms with Crippen molar-refractivity contribution in [2.75, 3.05) is 26.7 Å². The van der Waals surface area contributed by atoms with Crippen LogP contribution in [0.4, 0.5) is 0 Å². The zero-order valence-electron chi connectivity index (χ0n) is 16.7. The second-order valence-corrected chi connectivity index (χ2v) is 6.84. The van der Waals surface area contributed by atoms with Crippen molar-refractivity contribution in [1.29, 1.82) is 0 Å². The molecule has 1 aliphatic rings. The maximum Gasteiger partial charge on any atom is 0.140 e. The normalized spacial score (nSPS) is 15.5. The van der Waals surface area contributed by atoms with Gasteiger partial charge in [-0.1, -0.05) is 43.5 Å². The van der Waals surface area contributed by atoms with Gasteiger partial charge in [-0.2, -0.15) is 0 Å². The molecule has 2 rings (SSSR count). The molecule has 0 aliphatic carbocycles. The van der Waals surface area contributed by atoms with Gasteiger partial charge < -0.3 is 16.0 Å². The van der Waals surface area contributed by atoms with Gasteiger partial charge in [0.1, 0.15) is 5.82 Å². The van der Waals surface area contributed by atoms with E-state index in [1.165, 1.54) is 5.56 Å². The van der Waals surface area contributed by atoms with Crippen molar-refractivity contribution in [2.45, 2.75) is 26.2 Å². The lowest BCUT2D eigenvalue weighted by molar-refractivity contribution is 0.561. The van der Waals surface area contributed by atoms with Gasteiger partial charge >= 0.3 is 0 Å². The van der Waals surface area contributed by atoms with Gasteiger partial charge in [0.2, 0.25) is 0 Å². The van der Waals surface area contributed by atoms with Crippen LogP contribution in [-0.4, -0.2) is 37.3 Å². The second-order valence-electron chi connectivity index (χ2n) is 6.84. The maximum atomic E-state index is 5.51. The Morgan fingerprint density at radius 3 is 2.78 bits per heavy atom. The number of aryl methyl sites for hydroxylation is 1. The van der Waals surface area contributed by atoms with E-state index in [2.05, 4.69) is 42.7 Å². The number of nitrogens with one attached hydrogen (secondary N) is 1. The van der Waals surface area contributed by atoms with Crippen molar-refractivity contribution < 1.29 is 0 Å². The van der Waals surface area contributed by atoms with Gasteiger partial charge in [-0.3, -0.25) is 0 Å². The number of hydrogen-bond donors (Lipinski definition) is 2. The summed E-state index contributed by atoms with van der Waals surface area (Å²) in [5.41, 5.74) is 10.9. The summed E-state index contributed by atoms with van der Waals surface area (Å²) in [4.78, 5) is 6.81. The molecule has 27 heavy (non-hydrogen) atoms. The van der Waals surface area contributed by atoms with Crippen LogP contribution >= 0.6 is 0 Å². The van der Waals surface area contributed by atoms with Crippen LogP contribution in [0.1, 0.15) is 30.9 Å². The van der Waals surface area contributed by atoms with Gasteiger partial charge in [-0.15, -0.1) is 0 Å². The smallest absolute Gasteiger partial charge is 0.140 e. The molecule has 144 valence electrons. The first kappa shape index (κ1) is 20.9. The van der Waals surface area contributed by atoms with Crippen LogP contribution in [0.2, 0.25) is 0 Å². The number of aliphatic imine (C=N–C) groups is 1. The fourth-order valence-corrected chi connectivity index (χ4v) is 2.97. The summed E-state index contributed by atoms with van der Waals surface area (Å²) in [7, 11) is 2.00. The highest BCUT2D eigenvalue weighted by molar-refractivity contribution is 6.09. The van der Waals surface area contributed by atoms with Crippen LogP contribution in [-0.2, 0) is 6.42 Å². The third-order valence-corrected chi connectivity index (χ3v) is 4.51. The van der Waals surface area contributed by atoms with Crippen molar-refractivity contribution in [2.24, 2.45) is 10.7 Å². The standard InChI is InChI=1S/C23H32N4/c1-5-21(23-26-22(18(2)3)12-16-27(23)4)20-11-6-9-19(17-20)10-7-14-25-15-8-13-24/h5-6,9,11-12,16-17,25H,1-2,7-8,10,13-15,24H2,3-4H3/b23-21+. The van der Waals surface area contributed by atoms with Gasteiger partial charge in [0, 0.05) is 18.8 Å². The molecule has 0 saturated heterocycles. The fraction of sp³-hybridized carbons (Fsp3) is 0.348. The Hall–Kier alpha value is -2.43. The van der Waals surface area contributed by atoms with Crippen molar-refractivity contribution in [3.8, 4) is 0 Å². The highest BCUT2D eigenvalue weighted by Crippen LogP contribution is 2.26. The molecule has 0 unspecified atom stereocenters. The predicted molar refractivity (Wildman–Crippen MR) is 118 cm³/mol. The van der Waals surface area contributed by atoms with Gasteiger partial charge in [0.05, 0.1) is 5.71 Å². The monoisotopic (exact) mass is 364 g/mol. The largest absolute Gasteiger partial charge is 0.335 e. The minimum Gasteiger partial charge on any atom is -0.335 e. The summed E-state index contributed by atoms with van der Waals surface area (Å²) in [6.07, 6.45) is 9.07. The Labute approximate surface area is 163 Å². The number of nitrogens with zero attached hydrogens (tertiary/aromatic N) is 2. The quantitative estimate of drug-likeness (QED) is 0.619. The number of benzene rings is 1. The average Bonchev–Trinajstić information content (AvgIpc) is 2.67. The molecule has 0 aromatic heterocycles. The molecular formula is C23H32N4. The Bertz CT molecular complexity index is 755. The lowest BCUT2D eigenvalue weighted by Crippen LogP contribution is -2.19. The topological polar surface area (TPSA) is 53.6 Å². The van der Waals surface area contributed by atoms with E-state index < -0.39 is 0 Å². The van der Waals surface area contributed by atoms with E-state index in [-0.39, 0.29) is 0 Å². The minimum atomic E-state index is 0.743. The number of rotatable bonds is 10. The molecule has 1 aromatic rings. The second kappa shape index (κ2) is 10.7. The van der Waals surface area contributed by atoms with Crippen LogP contribution in [0.5, 0.6) is 0 Å². The molecule has 0 saturated carbocycles. The molecule has 1 heterocycles. The predicted octanol–water partition coefficient (Wildman–Crippen LogP) is 3.89. The molecular weight excluding hydrogens is 332 g/mol. The van der Waals surface area contributed by atoms with E-state index in [1.54, 1.807) is 0 Å². The summed E-state index contributed by atoms with van der Waals surface area (Å²) in [5.74, 6) is 0.895. The lowest BCUT2D eigenvalue weighted by atomic mass is 10.00. The molecule has 4 nitrogen and oxygen atoms in total. The van der Waals surface area contributed by atoms with Gasteiger partial charge in [0.15, 0.2) is 0 Å².